The summed E-state index contributed by atoms with van der Waals surface area (Å²) in [6.07, 6.45) is 0. The van der Waals surface area contributed by atoms with Crippen molar-refractivity contribution in [2.24, 2.45) is 10.9 Å². The number of aliphatic hydroxyl groups is 1. The third-order valence-corrected chi connectivity index (χ3v) is 2.64. The number of benzene rings is 2. The van der Waals surface area contributed by atoms with Crippen LogP contribution in [0.4, 0.5) is 4.39 Å². The number of halogens is 1. The normalized spacial score (nSPS) is 11.4. The zero-order valence-electron chi connectivity index (χ0n) is 10.5. The summed E-state index contributed by atoms with van der Waals surface area (Å²) in [6, 6.07) is 10.7. The molecular weight excluding hydrogens is 263 g/mol. The first kappa shape index (κ1) is 13.8. The second kappa shape index (κ2) is 6.03. The molecule has 0 aliphatic heterocycles. The Morgan fingerprint density at radius 3 is 2.70 bits per heavy atom. The number of rotatable bonds is 4. The SMILES string of the molecule is NC(=NO)c1ccc(Oc2cccc(CO)c2)c(F)c1. The van der Waals surface area contributed by atoms with Crippen molar-refractivity contribution in [3.63, 3.8) is 0 Å². The molecule has 0 radical (unpaired) electrons. The van der Waals surface area contributed by atoms with E-state index >= 15 is 0 Å². The van der Waals surface area contributed by atoms with E-state index < -0.39 is 5.82 Å². The van der Waals surface area contributed by atoms with Crippen molar-refractivity contribution in [1.29, 1.82) is 0 Å². The summed E-state index contributed by atoms with van der Waals surface area (Å²) in [6.45, 7) is -0.123. The lowest BCUT2D eigenvalue weighted by Gasteiger charge is -2.09. The Labute approximate surface area is 114 Å². The molecule has 2 rings (SSSR count). The third-order valence-electron chi connectivity index (χ3n) is 2.64. The van der Waals surface area contributed by atoms with Gasteiger partial charge in [0.1, 0.15) is 5.75 Å². The van der Waals surface area contributed by atoms with Gasteiger partial charge in [-0.25, -0.2) is 4.39 Å². The van der Waals surface area contributed by atoms with Gasteiger partial charge in [-0.1, -0.05) is 17.3 Å². The van der Waals surface area contributed by atoms with Crippen LogP contribution >= 0.6 is 0 Å². The van der Waals surface area contributed by atoms with Crippen LogP contribution in [0.5, 0.6) is 11.5 Å². The first-order valence-electron chi connectivity index (χ1n) is 5.79. The van der Waals surface area contributed by atoms with E-state index in [9.17, 15) is 4.39 Å². The maximum Gasteiger partial charge on any atom is 0.170 e. The quantitative estimate of drug-likeness (QED) is 0.346. The second-order valence-electron chi connectivity index (χ2n) is 4.04. The van der Waals surface area contributed by atoms with Gasteiger partial charge in [0.15, 0.2) is 17.4 Å². The predicted molar refractivity (Wildman–Crippen MR) is 71.3 cm³/mol. The van der Waals surface area contributed by atoms with Gasteiger partial charge in [-0.15, -0.1) is 0 Å². The van der Waals surface area contributed by atoms with E-state index in [1.54, 1.807) is 24.3 Å². The molecule has 104 valence electrons. The first-order chi connectivity index (χ1) is 9.63. The Kier molecular flexibility index (Phi) is 4.17. The fraction of sp³-hybridized carbons (Fsp3) is 0.0714. The van der Waals surface area contributed by atoms with Gasteiger partial charge in [-0.3, -0.25) is 0 Å². The highest BCUT2D eigenvalue weighted by atomic mass is 19.1. The van der Waals surface area contributed by atoms with Crippen LogP contribution in [0.25, 0.3) is 0 Å². The standard InChI is InChI=1S/C14H13FN2O3/c15-12-7-10(14(16)17-19)4-5-13(12)20-11-3-1-2-9(6-11)8-18/h1-7,18-19H,8H2,(H2,16,17). The van der Waals surface area contributed by atoms with Gasteiger partial charge in [0.05, 0.1) is 6.61 Å². The van der Waals surface area contributed by atoms with Crippen molar-refractivity contribution < 1.29 is 19.4 Å². The van der Waals surface area contributed by atoms with Crippen LogP contribution in [0.2, 0.25) is 0 Å². The molecule has 0 bridgehead atoms. The zero-order valence-corrected chi connectivity index (χ0v) is 10.5. The van der Waals surface area contributed by atoms with Crippen LogP contribution in [0.15, 0.2) is 47.6 Å². The van der Waals surface area contributed by atoms with Crippen molar-refractivity contribution in [2.75, 3.05) is 0 Å². The minimum atomic E-state index is -0.636. The minimum absolute atomic E-state index is 0.00887. The molecule has 0 heterocycles. The Morgan fingerprint density at radius 1 is 1.25 bits per heavy atom. The van der Waals surface area contributed by atoms with E-state index in [0.29, 0.717) is 11.3 Å². The average Bonchev–Trinajstić information content (AvgIpc) is 2.48. The Morgan fingerprint density at radius 2 is 2.05 bits per heavy atom. The summed E-state index contributed by atoms with van der Waals surface area (Å²) >= 11 is 0. The molecule has 0 spiro atoms. The monoisotopic (exact) mass is 276 g/mol. The number of hydrogen-bond donors (Lipinski definition) is 3. The van der Waals surface area contributed by atoms with Crippen LogP contribution in [-0.4, -0.2) is 16.1 Å². The van der Waals surface area contributed by atoms with Crippen molar-refractivity contribution in [3.8, 4) is 11.5 Å². The van der Waals surface area contributed by atoms with Crippen molar-refractivity contribution in [1.82, 2.24) is 0 Å². The van der Waals surface area contributed by atoms with Crippen LogP contribution in [0.3, 0.4) is 0 Å². The molecule has 0 amide bonds. The average molecular weight is 276 g/mol. The molecule has 0 fully saturated rings. The Hall–Kier alpha value is -2.60. The number of nitrogens with two attached hydrogens (primary N) is 1. The van der Waals surface area contributed by atoms with E-state index in [4.69, 9.17) is 20.8 Å². The van der Waals surface area contributed by atoms with Crippen LogP contribution in [0.1, 0.15) is 11.1 Å². The van der Waals surface area contributed by atoms with Crippen LogP contribution in [-0.2, 0) is 6.61 Å². The van der Waals surface area contributed by atoms with Gasteiger partial charge in [0, 0.05) is 5.56 Å². The molecule has 2 aromatic rings. The first-order valence-corrected chi connectivity index (χ1v) is 5.79. The highest BCUT2D eigenvalue weighted by molar-refractivity contribution is 5.97. The molecule has 0 aliphatic carbocycles. The number of amidine groups is 1. The fourth-order valence-corrected chi connectivity index (χ4v) is 1.63. The molecule has 0 saturated heterocycles. The van der Waals surface area contributed by atoms with Crippen molar-refractivity contribution >= 4 is 5.84 Å². The molecule has 0 unspecified atom stereocenters. The topological polar surface area (TPSA) is 88.1 Å². The summed E-state index contributed by atoms with van der Waals surface area (Å²) in [7, 11) is 0. The fourth-order valence-electron chi connectivity index (χ4n) is 1.63. The predicted octanol–water partition coefficient (Wildman–Crippen LogP) is 2.20. The molecule has 0 aromatic heterocycles. The number of oxime groups is 1. The van der Waals surface area contributed by atoms with E-state index in [2.05, 4.69) is 5.16 Å². The summed E-state index contributed by atoms with van der Waals surface area (Å²) < 4.78 is 19.2. The third kappa shape index (κ3) is 3.04. The summed E-state index contributed by atoms with van der Waals surface area (Å²) in [5.74, 6) is -0.400. The molecule has 0 saturated carbocycles. The molecule has 4 N–H and O–H groups in total. The van der Waals surface area contributed by atoms with E-state index in [0.717, 1.165) is 6.07 Å². The minimum Gasteiger partial charge on any atom is -0.454 e. The zero-order chi connectivity index (χ0) is 14.5. The lowest BCUT2D eigenvalue weighted by Crippen LogP contribution is -2.13. The summed E-state index contributed by atoms with van der Waals surface area (Å²) in [4.78, 5) is 0. The van der Waals surface area contributed by atoms with E-state index in [-0.39, 0.29) is 23.8 Å². The van der Waals surface area contributed by atoms with Gasteiger partial charge < -0.3 is 20.8 Å². The summed E-state index contributed by atoms with van der Waals surface area (Å²) in [5.41, 5.74) is 6.28. The van der Waals surface area contributed by atoms with Crippen LogP contribution in [0, 0.1) is 5.82 Å². The van der Waals surface area contributed by atoms with Gasteiger partial charge in [-0.2, -0.15) is 0 Å². The molecule has 5 nitrogen and oxygen atoms in total. The number of aliphatic hydroxyl groups excluding tert-OH is 1. The molecular formula is C14H13FN2O3. The lowest BCUT2D eigenvalue weighted by molar-refractivity contribution is 0.281. The largest absolute Gasteiger partial charge is 0.454 e. The number of nitrogens with zero attached hydrogens (tertiary/aromatic N) is 1. The van der Waals surface area contributed by atoms with Gasteiger partial charge in [-0.05, 0) is 35.9 Å². The molecule has 6 heteroatoms. The second-order valence-corrected chi connectivity index (χ2v) is 4.04. The Balaban J connectivity index is 2.25. The number of hydrogen-bond acceptors (Lipinski definition) is 4. The maximum atomic E-state index is 13.8. The molecule has 20 heavy (non-hydrogen) atoms. The van der Waals surface area contributed by atoms with Crippen molar-refractivity contribution in [3.05, 3.63) is 59.4 Å². The molecule has 0 aliphatic rings. The maximum absolute atomic E-state index is 13.8. The van der Waals surface area contributed by atoms with Gasteiger partial charge in [0.25, 0.3) is 0 Å². The van der Waals surface area contributed by atoms with Gasteiger partial charge in [0.2, 0.25) is 0 Å². The number of ether oxygens (including phenoxy) is 1. The van der Waals surface area contributed by atoms with Gasteiger partial charge >= 0.3 is 0 Å². The highest BCUT2D eigenvalue weighted by Gasteiger charge is 2.08. The summed E-state index contributed by atoms with van der Waals surface area (Å²) in [5, 5.41) is 20.3. The van der Waals surface area contributed by atoms with E-state index in [1.807, 2.05) is 0 Å². The van der Waals surface area contributed by atoms with Crippen molar-refractivity contribution in [2.45, 2.75) is 6.61 Å². The molecule has 0 atom stereocenters. The van der Waals surface area contributed by atoms with E-state index in [1.165, 1.54) is 12.1 Å². The highest BCUT2D eigenvalue weighted by Crippen LogP contribution is 2.25. The lowest BCUT2D eigenvalue weighted by atomic mass is 10.2. The smallest absolute Gasteiger partial charge is 0.170 e. The van der Waals surface area contributed by atoms with Crippen LogP contribution < -0.4 is 10.5 Å². The molecule has 2 aromatic carbocycles. The Bertz CT molecular complexity index is 644.